The molecule has 2 rings (SSSR count). The molecule has 0 saturated heterocycles. The molecule has 1 saturated carbocycles. The second-order valence-electron chi connectivity index (χ2n) is 4.68. The van der Waals surface area contributed by atoms with Crippen molar-refractivity contribution >= 4 is 34.7 Å². The summed E-state index contributed by atoms with van der Waals surface area (Å²) in [4.78, 5) is 0. The molecule has 1 aliphatic rings. The van der Waals surface area contributed by atoms with Crippen LogP contribution in [0.4, 0.5) is 11.4 Å². The van der Waals surface area contributed by atoms with Crippen molar-refractivity contribution in [2.24, 2.45) is 0 Å². The lowest BCUT2D eigenvalue weighted by atomic mass is 10.1. The van der Waals surface area contributed by atoms with E-state index in [9.17, 15) is 0 Å². The Morgan fingerprint density at radius 2 is 2.12 bits per heavy atom. The Morgan fingerprint density at radius 1 is 1.41 bits per heavy atom. The SMILES string of the molecule is CSC1(CNc2cc(Cl)ccc2N)CCCC1. The minimum atomic E-state index is 0.384. The summed E-state index contributed by atoms with van der Waals surface area (Å²) in [5.41, 5.74) is 7.65. The first-order chi connectivity index (χ1) is 8.15. The zero-order valence-corrected chi connectivity index (χ0v) is 11.7. The fourth-order valence-corrected chi connectivity index (χ4v) is 3.50. The largest absolute Gasteiger partial charge is 0.397 e. The van der Waals surface area contributed by atoms with Crippen molar-refractivity contribution in [3.63, 3.8) is 0 Å². The van der Waals surface area contributed by atoms with E-state index in [0.29, 0.717) is 4.75 Å². The lowest BCUT2D eigenvalue weighted by Gasteiger charge is -2.27. The number of hydrogen-bond donors (Lipinski definition) is 2. The number of halogens is 1. The van der Waals surface area contributed by atoms with Crippen molar-refractivity contribution in [1.82, 2.24) is 0 Å². The summed E-state index contributed by atoms with van der Waals surface area (Å²) in [5.74, 6) is 0. The van der Waals surface area contributed by atoms with Crippen LogP contribution in [0.5, 0.6) is 0 Å². The Bertz CT molecular complexity index is 389. The van der Waals surface area contributed by atoms with Gasteiger partial charge in [0.05, 0.1) is 11.4 Å². The highest BCUT2D eigenvalue weighted by Gasteiger charge is 2.32. The molecule has 1 aromatic rings. The zero-order chi connectivity index (χ0) is 12.3. The monoisotopic (exact) mass is 270 g/mol. The molecule has 0 radical (unpaired) electrons. The van der Waals surface area contributed by atoms with E-state index in [1.807, 2.05) is 30.0 Å². The van der Waals surface area contributed by atoms with Gasteiger partial charge >= 0.3 is 0 Å². The van der Waals surface area contributed by atoms with Crippen LogP contribution in [0.25, 0.3) is 0 Å². The summed E-state index contributed by atoms with van der Waals surface area (Å²) in [7, 11) is 0. The number of thioether (sulfide) groups is 1. The molecular weight excluding hydrogens is 252 g/mol. The van der Waals surface area contributed by atoms with E-state index < -0.39 is 0 Å². The highest BCUT2D eigenvalue weighted by Crippen LogP contribution is 2.40. The molecule has 0 aliphatic heterocycles. The average Bonchev–Trinajstić information content (AvgIpc) is 2.80. The second kappa shape index (κ2) is 5.40. The van der Waals surface area contributed by atoms with E-state index in [1.165, 1.54) is 25.7 Å². The number of hydrogen-bond acceptors (Lipinski definition) is 3. The van der Waals surface area contributed by atoms with Crippen LogP contribution in [0.3, 0.4) is 0 Å². The lowest BCUT2D eigenvalue weighted by Crippen LogP contribution is -2.30. The summed E-state index contributed by atoms with van der Waals surface area (Å²) < 4.78 is 0.384. The summed E-state index contributed by atoms with van der Waals surface area (Å²) in [6.07, 6.45) is 7.47. The molecule has 0 bridgehead atoms. The van der Waals surface area contributed by atoms with Crippen molar-refractivity contribution in [1.29, 1.82) is 0 Å². The standard InChI is InChI=1S/C13H19ClN2S/c1-17-13(6-2-3-7-13)9-16-12-8-10(14)4-5-11(12)15/h4-5,8,16H,2-3,6-7,9,15H2,1H3. The minimum Gasteiger partial charge on any atom is -0.397 e. The number of nitrogens with one attached hydrogen (secondary N) is 1. The number of nitrogens with two attached hydrogens (primary N) is 1. The quantitative estimate of drug-likeness (QED) is 0.812. The normalized spacial score (nSPS) is 18.2. The number of nitrogen functional groups attached to an aromatic ring is 1. The Kier molecular flexibility index (Phi) is 4.10. The van der Waals surface area contributed by atoms with Crippen LogP contribution in [0.1, 0.15) is 25.7 Å². The Morgan fingerprint density at radius 3 is 2.76 bits per heavy atom. The average molecular weight is 271 g/mol. The first kappa shape index (κ1) is 12.9. The van der Waals surface area contributed by atoms with Crippen molar-refractivity contribution in [3.8, 4) is 0 Å². The van der Waals surface area contributed by atoms with E-state index in [1.54, 1.807) is 0 Å². The molecule has 0 amide bonds. The lowest BCUT2D eigenvalue weighted by molar-refractivity contribution is 0.640. The Hall–Kier alpha value is -0.540. The van der Waals surface area contributed by atoms with Gasteiger partial charge in [-0.25, -0.2) is 0 Å². The molecule has 94 valence electrons. The molecule has 4 heteroatoms. The highest BCUT2D eigenvalue weighted by molar-refractivity contribution is 8.00. The van der Waals surface area contributed by atoms with Crippen LogP contribution < -0.4 is 11.1 Å². The van der Waals surface area contributed by atoms with Gasteiger partial charge in [0.15, 0.2) is 0 Å². The minimum absolute atomic E-state index is 0.384. The predicted molar refractivity (Wildman–Crippen MR) is 79.1 cm³/mol. The molecule has 2 nitrogen and oxygen atoms in total. The second-order valence-corrected chi connectivity index (χ2v) is 6.39. The topological polar surface area (TPSA) is 38.0 Å². The van der Waals surface area contributed by atoms with Crippen molar-refractivity contribution in [3.05, 3.63) is 23.2 Å². The molecule has 3 N–H and O–H groups in total. The van der Waals surface area contributed by atoms with E-state index in [0.717, 1.165) is 22.9 Å². The van der Waals surface area contributed by atoms with Gasteiger partial charge in [-0.3, -0.25) is 0 Å². The fraction of sp³-hybridized carbons (Fsp3) is 0.538. The number of rotatable bonds is 4. The van der Waals surface area contributed by atoms with E-state index in [2.05, 4.69) is 11.6 Å². The highest BCUT2D eigenvalue weighted by atomic mass is 35.5. The van der Waals surface area contributed by atoms with Gasteiger partial charge in [0.1, 0.15) is 0 Å². The molecule has 1 fully saturated rings. The number of anilines is 2. The first-order valence-electron chi connectivity index (χ1n) is 5.99. The summed E-state index contributed by atoms with van der Waals surface area (Å²) >= 11 is 7.95. The van der Waals surface area contributed by atoms with Gasteiger partial charge in [-0.05, 0) is 37.3 Å². The summed E-state index contributed by atoms with van der Waals surface area (Å²) in [6, 6.07) is 5.58. The van der Waals surface area contributed by atoms with Crippen LogP contribution in [-0.2, 0) is 0 Å². The molecule has 0 unspecified atom stereocenters. The third-order valence-corrected chi connectivity index (χ3v) is 5.22. The van der Waals surface area contributed by atoms with Crippen LogP contribution >= 0.6 is 23.4 Å². The third kappa shape index (κ3) is 3.02. The third-order valence-electron chi connectivity index (χ3n) is 3.56. The predicted octanol–water partition coefficient (Wildman–Crippen LogP) is 4.01. The van der Waals surface area contributed by atoms with Gasteiger partial charge in [-0.2, -0.15) is 11.8 Å². The maximum Gasteiger partial charge on any atom is 0.0589 e. The van der Waals surface area contributed by atoms with Crippen LogP contribution in [-0.4, -0.2) is 17.5 Å². The summed E-state index contributed by atoms with van der Waals surface area (Å²) in [5, 5.41) is 4.19. The van der Waals surface area contributed by atoms with Crippen LogP contribution in [0, 0.1) is 0 Å². The summed E-state index contributed by atoms with van der Waals surface area (Å²) in [6.45, 7) is 0.971. The first-order valence-corrected chi connectivity index (χ1v) is 7.59. The Labute approximate surface area is 112 Å². The van der Waals surface area contributed by atoms with Gasteiger partial charge < -0.3 is 11.1 Å². The van der Waals surface area contributed by atoms with Crippen LogP contribution in [0.2, 0.25) is 5.02 Å². The van der Waals surface area contributed by atoms with Crippen molar-refractivity contribution < 1.29 is 0 Å². The Balaban J connectivity index is 2.03. The smallest absolute Gasteiger partial charge is 0.0589 e. The van der Waals surface area contributed by atoms with Crippen molar-refractivity contribution in [2.45, 2.75) is 30.4 Å². The molecule has 1 aliphatic carbocycles. The molecule has 0 aromatic heterocycles. The van der Waals surface area contributed by atoms with Gasteiger partial charge in [-0.15, -0.1) is 0 Å². The van der Waals surface area contributed by atoms with Gasteiger partial charge in [0, 0.05) is 16.3 Å². The zero-order valence-electron chi connectivity index (χ0n) is 10.1. The van der Waals surface area contributed by atoms with E-state index in [-0.39, 0.29) is 0 Å². The fourth-order valence-electron chi connectivity index (χ4n) is 2.41. The van der Waals surface area contributed by atoms with Gasteiger partial charge in [0.2, 0.25) is 0 Å². The molecule has 17 heavy (non-hydrogen) atoms. The maximum absolute atomic E-state index is 5.98. The molecule has 0 atom stereocenters. The molecular formula is C13H19ClN2S. The van der Waals surface area contributed by atoms with Crippen molar-refractivity contribution in [2.75, 3.05) is 23.9 Å². The van der Waals surface area contributed by atoms with Gasteiger partial charge in [-0.1, -0.05) is 24.4 Å². The van der Waals surface area contributed by atoms with Crippen LogP contribution in [0.15, 0.2) is 18.2 Å². The maximum atomic E-state index is 5.98. The molecule has 1 aromatic carbocycles. The van der Waals surface area contributed by atoms with E-state index >= 15 is 0 Å². The van der Waals surface area contributed by atoms with E-state index in [4.69, 9.17) is 17.3 Å². The molecule has 0 heterocycles. The number of benzene rings is 1. The molecule has 0 spiro atoms. The van der Waals surface area contributed by atoms with Gasteiger partial charge in [0.25, 0.3) is 0 Å².